The number of aromatic nitrogens is 1. The molecule has 3 aliphatic rings. The van der Waals surface area contributed by atoms with Gasteiger partial charge in [-0.25, -0.2) is 9.88 Å². The fourth-order valence-electron chi connectivity index (χ4n) is 5.16. The molecular weight excluding hydrogens is 504 g/mol. The van der Waals surface area contributed by atoms with Crippen LogP contribution in [0.3, 0.4) is 0 Å². The fourth-order valence-corrected chi connectivity index (χ4v) is 7.05. The molecule has 3 amide bonds. The predicted molar refractivity (Wildman–Crippen MR) is 147 cm³/mol. The summed E-state index contributed by atoms with van der Waals surface area (Å²) in [6.45, 7) is 1.36. The molecule has 3 aromatic rings. The third-order valence-corrected chi connectivity index (χ3v) is 8.67. The summed E-state index contributed by atoms with van der Waals surface area (Å²) in [6, 6.07) is 17.1. The van der Waals surface area contributed by atoms with E-state index in [2.05, 4.69) is 0 Å². The molecule has 186 valence electrons. The lowest BCUT2D eigenvalue weighted by Gasteiger charge is -2.30. The fraction of sp³-hybridized carbons (Fsp3) is 0.250. The number of para-hydroxylation sites is 1. The Morgan fingerprint density at radius 2 is 1.70 bits per heavy atom. The lowest BCUT2D eigenvalue weighted by Crippen LogP contribution is -2.40. The normalized spacial score (nSPS) is 21.3. The van der Waals surface area contributed by atoms with Gasteiger partial charge in [0.1, 0.15) is 0 Å². The van der Waals surface area contributed by atoms with Crippen LogP contribution in [0.25, 0.3) is 16.8 Å². The number of rotatable bonds is 3. The molecule has 0 radical (unpaired) electrons. The van der Waals surface area contributed by atoms with Gasteiger partial charge in [0.15, 0.2) is 5.17 Å². The quantitative estimate of drug-likeness (QED) is 0.389. The molecule has 9 heteroatoms. The SMILES string of the molecule is CC(=O)N1C(=O)/C(=C2\S/C(=N/c3nc(-c4ccccc4)cs3)N(C3CCCCC3)C2=O)c2ccccc21. The van der Waals surface area contributed by atoms with Gasteiger partial charge < -0.3 is 0 Å². The summed E-state index contributed by atoms with van der Waals surface area (Å²) in [4.78, 5) is 52.5. The average molecular weight is 529 g/mol. The lowest BCUT2D eigenvalue weighted by atomic mass is 9.94. The Hall–Kier alpha value is -3.56. The third kappa shape index (κ3) is 4.22. The Morgan fingerprint density at radius 3 is 2.46 bits per heavy atom. The van der Waals surface area contributed by atoms with Gasteiger partial charge in [-0.1, -0.05) is 67.8 Å². The van der Waals surface area contributed by atoms with Crippen molar-refractivity contribution in [3.8, 4) is 11.3 Å². The highest BCUT2D eigenvalue weighted by Crippen LogP contribution is 2.46. The third-order valence-electron chi connectivity index (χ3n) is 6.88. The molecule has 7 nitrogen and oxygen atoms in total. The number of thioether (sulfide) groups is 1. The minimum absolute atomic E-state index is 0.0230. The van der Waals surface area contributed by atoms with Crippen LogP contribution in [-0.4, -0.2) is 38.8 Å². The number of aliphatic imine (C=N–C) groups is 1. The van der Waals surface area contributed by atoms with E-state index in [-0.39, 0.29) is 23.4 Å². The zero-order valence-electron chi connectivity index (χ0n) is 20.2. The molecule has 2 fully saturated rings. The highest BCUT2D eigenvalue weighted by molar-refractivity contribution is 8.18. The first-order chi connectivity index (χ1) is 18.0. The summed E-state index contributed by atoms with van der Waals surface area (Å²) in [5.41, 5.74) is 3.22. The van der Waals surface area contributed by atoms with E-state index in [0.717, 1.165) is 48.3 Å². The zero-order chi connectivity index (χ0) is 25.5. The summed E-state index contributed by atoms with van der Waals surface area (Å²) in [7, 11) is 0. The molecule has 0 unspecified atom stereocenters. The number of fused-ring (bicyclic) bond motifs is 1. The standard InChI is InChI=1S/C28H24N4O3S2/c1-17(33)31-22-15-9-8-14-20(22)23(25(31)34)24-26(35)32(19-12-6-3-7-13-19)28(37-24)30-27-29-21(16-36-27)18-10-4-2-5-11-18/h2,4-5,8-11,14-16,19H,3,6-7,12-13H2,1H3/b24-23-,30-28+. The van der Waals surface area contributed by atoms with Gasteiger partial charge in [0.05, 0.1) is 21.9 Å². The summed E-state index contributed by atoms with van der Waals surface area (Å²) in [6.07, 6.45) is 5.04. The topological polar surface area (TPSA) is 82.9 Å². The Balaban J connectivity index is 1.44. The Labute approximate surface area is 222 Å². The highest BCUT2D eigenvalue weighted by Gasteiger charge is 2.45. The maximum atomic E-state index is 13.9. The minimum Gasteiger partial charge on any atom is -0.283 e. The zero-order valence-corrected chi connectivity index (χ0v) is 21.8. The molecule has 0 spiro atoms. The molecule has 2 aromatic carbocycles. The molecule has 1 aromatic heterocycles. The van der Waals surface area contributed by atoms with Gasteiger partial charge >= 0.3 is 0 Å². The second-order valence-corrected chi connectivity index (χ2v) is 11.0. The van der Waals surface area contributed by atoms with Gasteiger partial charge in [-0.3, -0.25) is 19.3 Å². The van der Waals surface area contributed by atoms with E-state index in [1.807, 2.05) is 41.8 Å². The van der Waals surface area contributed by atoms with E-state index < -0.39 is 5.91 Å². The second-order valence-electron chi connectivity index (χ2n) is 9.23. The predicted octanol–water partition coefficient (Wildman–Crippen LogP) is 6.01. The summed E-state index contributed by atoms with van der Waals surface area (Å²) >= 11 is 2.63. The van der Waals surface area contributed by atoms with Crippen molar-refractivity contribution in [1.82, 2.24) is 9.88 Å². The molecule has 37 heavy (non-hydrogen) atoms. The molecule has 0 atom stereocenters. The first kappa shape index (κ1) is 23.8. The Kier molecular flexibility index (Phi) is 6.26. The van der Waals surface area contributed by atoms with E-state index in [4.69, 9.17) is 9.98 Å². The molecule has 2 aliphatic heterocycles. The van der Waals surface area contributed by atoms with Gasteiger partial charge in [-0.2, -0.15) is 4.99 Å². The number of thiazole rings is 1. The van der Waals surface area contributed by atoms with Crippen molar-refractivity contribution < 1.29 is 14.4 Å². The van der Waals surface area contributed by atoms with Crippen LogP contribution in [0.15, 0.2) is 69.9 Å². The molecule has 1 saturated heterocycles. The highest BCUT2D eigenvalue weighted by atomic mass is 32.2. The number of carbonyl (C=O) groups excluding carboxylic acids is 3. The Bertz CT molecular complexity index is 1470. The van der Waals surface area contributed by atoms with E-state index >= 15 is 0 Å². The van der Waals surface area contributed by atoms with E-state index in [1.165, 1.54) is 30.0 Å². The van der Waals surface area contributed by atoms with Crippen LogP contribution in [0.1, 0.15) is 44.6 Å². The van der Waals surface area contributed by atoms with Gasteiger partial charge in [0.2, 0.25) is 11.0 Å². The number of amides is 3. The van der Waals surface area contributed by atoms with Crippen molar-refractivity contribution in [1.29, 1.82) is 0 Å². The van der Waals surface area contributed by atoms with Crippen molar-refractivity contribution in [3.63, 3.8) is 0 Å². The molecule has 1 saturated carbocycles. The first-order valence-corrected chi connectivity index (χ1v) is 14.0. The monoisotopic (exact) mass is 528 g/mol. The summed E-state index contributed by atoms with van der Waals surface area (Å²) in [5.74, 6) is -1.06. The number of imide groups is 1. The number of benzene rings is 2. The van der Waals surface area contributed by atoms with Crippen LogP contribution < -0.4 is 4.90 Å². The van der Waals surface area contributed by atoms with Crippen LogP contribution in [0, 0.1) is 0 Å². The van der Waals surface area contributed by atoms with Crippen molar-refractivity contribution in [2.75, 3.05) is 4.90 Å². The van der Waals surface area contributed by atoms with E-state index in [0.29, 0.717) is 26.5 Å². The van der Waals surface area contributed by atoms with Crippen molar-refractivity contribution in [3.05, 3.63) is 70.4 Å². The Morgan fingerprint density at radius 1 is 0.973 bits per heavy atom. The minimum atomic E-state index is -0.463. The van der Waals surface area contributed by atoms with Crippen molar-refractivity contribution in [2.45, 2.75) is 45.1 Å². The molecule has 1 aliphatic carbocycles. The molecular formula is C28H24N4O3S2. The summed E-state index contributed by atoms with van der Waals surface area (Å²) < 4.78 is 0. The number of carbonyl (C=O) groups is 3. The molecule has 3 heterocycles. The molecule has 0 bridgehead atoms. The van der Waals surface area contributed by atoms with Crippen LogP contribution in [0.5, 0.6) is 0 Å². The lowest BCUT2D eigenvalue weighted by molar-refractivity contribution is -0.125. The van der Waals surface area contributed by atoms with Crippen LogP contribution in [0.2, 0.25) is 0 Å². The number of hydrogen-bond acceptors (Lipinski definition) is 7. The smallest absolute Gasteiger partial charge is 0.267 e. The average Bonchev–Trinajstić information content (AvgIpc) is 3.59. The van der Waals surface area contributed by atoms with Crippen LogP contribution >= 0.6 is 23.1 Å². The van der Waals surface area contributed by atoms with Gasteiger partial charge in [0.25, 0.3) is 11.8 Å². The molecule has 0 N–H and O–H groups in total. The number of hydrogen-bond donors (Lipinski definition) is 0. The van der Waals surface area contributed by atoms with Crippen LogP contribution in [0.4, 0.5) is 10.8 Å². The molecule has 6 rings (SSSR count). The van der Waals surface area contributed by atoms with Gasteiger partial charge in [0, 0.05) is 29.5 Å². The summed E-state index contributed by atoms with van der Waals surface area (Å²) in [5, 5.41) is 3.06. The number of amidine groups is 1. The van der Waals surface area contributed by atoms with Gasteiger partial charge in [-0.15, -0.1) is 11.3 Å². The number of nitrogens with zero attached hydrogens (tertiary/aromatic N) is 4. The van der Waals surface area contributed by atoms with Crippen molar-refractivity contribution in [2.24, 2.45) is 4.99 Å². The second kappa shape index (κ2) is 9.72. The number of anilines is 1. The largest absolute Gasteiger partial charge is 0.283 e. The van der Waals surface area contributed by atoms with E-state index in [1.54, 1.807) is 23.1 Å². The first-order valence-electron chi connectivity index (χ1n) is 12.3. The van der Waals surface area contributed by atoms with Gasteiger partial charge in [-0.05, 0) is 30.7 Å². The van der Waals surface area contributed by atoms with Crippen molar-refractivity contribution >= 4 is 62.4 Å². The maximum absolute atomic E-state index is 13.9. The van der Waals surface area contributed by atoms with E-state index in [9.17, 15) is 14.4 Å². The maximum Gasteiger partial charge on any atom is 0.267 e. The van der Waals surface area contributed by atoms with Crippen LogP contribution in [-0.2, 0) is 14.4 Å².